The molecule has 0 spiro atoms. The third-order valence-corrected chi connectivity index (χ3v) is 6.16. The van der Waals surface area contributed by atoms with Gasteiger partial charge in [-0.2, -0.15) is 9.97 Å². The van der Waals surface area contributed by atoms with Crippen molar-refractivity contribution in [1.82, 2.24) is 9.97 Å². The molecule has 0 unspecified atom stereocenters. The van der Waals surface area contributed by atoms with Crippen LogP contribution in [0.15, 0.2) is 41.6 Å². The Labute approximate surface area is 176 Å². The predicted octanol–water partition coefficient (Wildman–Crippen LogP) is 3.10. The molecule has 2 aliphatic heterocycles. The highest BCUT2D eigenvalue weighted by Crippen LogP contribution is 2.50. The van der Waals surface area contributed by atoms with Gasteiger partial charge in [0.2, 0.25) is 5.95 Å². The van der Waals surface area contributed by atoms with Crippen LogP contribution in [0.3, 0.4) is 0 Å². The molecule has 1 aromatic heterocycles. The quantitative estimate of drug-likeness (QED) is 0.793. The largest absolute Gasteiger partial charge is 0.383 e. The fourth-order valence-electron chi connectivity index (χ4n) is 4.81. The van der Waals surface area contributed by atoms with Crippen molar-refractivity contribution in [3.05, 3.63) is 52.7 Å². The Hall–Kier alpha value is -2.93. The Bertz CT molecular complexity index is 1030. The zero-order valence-electron chi connectivity index (χ0n) is 17.4. The first-order valence-electron chi connectivity index (χ1n) is 10.5. The Morgan fingerprint density at radius 2 is 1.87 bits per heavy atom. The summed E-state index contributed by atoms with van der Waals surface area (Å²) in [7, 11) is 0. The molecule has 0 radical (unpaired) electrons. The van der Waals surface area contributed by atoms with Crippen LogP contribution < -0.4 is 16.0 Å². The topological polar surface area (TPSA) is 93.4 Å². The minimum Gasteiger partial charge on any atom is -0.383 e. The lowest BCUT2D eigenvalue weighted by molar-refractivity contribution is -0.118. The smallest absolute Gasteiger partial charge is 0.229 e. The number of hydrogen-bond acceptors (Lipinski definition) is 7. The van der Waals surface area contributed by atoms with Crippen LogP contribution in [0.5, 0.6) is 0 Å². The average Bonchev–Trinajstić information content (AvgIpc) is 2.72. The SMILES string of the molecule is CC1(C)CC(=O)C2=C(C1)Nc1nc(N3CCOCC3)nc(N)c1[C@@H]2c1ccccc1. The molecular weight excluding hydrogens is 378 g/mol. The van der Waals surface area contributed by atoms with Gasteiger partial charge in [-0.15, -0.1) is 0 Å². The van der Waals surface area contributed by atoms with E-state index in [-0.39, 0.29) is 17.1 Å². The molecule has 0 saturated carbocycles. The number of aromatic nitrogens is 2. The minimum absolute atomic E-state index is 0.0900. The maximum atomic E-state index is 13.3. The molecular formula is C23H27N5O2. The van der Waals surface area contributed by atoms with Crippen LogP contribution in [0.4, 0.5) is 17.6 Å². The molecule has 1 aromatic carbocycles. The van der Waals surface area contributed by atoms with Crippen molar-refractivity contribution in [2.75, 3.05) is 42.3 Å². The zero-order chi connectivity index (χ0) is 20.9. The number of nitrogen functional groups attached to an aromatic ring is 1. The number of nitrogens with two attached hydrogens (primary N) is 1. The van der Waals surface area contributed by atoms with E-state index in [9.17, 15) is 4.79 Å². The number of fused-ring (bicyclic) bond motifs is 1. The van der Waals surface area contributed by atoms with Crippen molar-refractivity contribution >= 4 is 23.4 Å². The molecule has 3 heterocycles. The van der Waals surface area contributed by atoms with E-state index < -0.39 is 0 Å². The standard InChI is InChI=1S/C23H27N5O2/c1-23(2)12-15-18(16(29)13-23)17(14-6-4-3-5-7-14)19-20(24)26-22(27-21(19)25-15)28-8-10-30-11-9-28/h3-7,17H,8-13H2,1-2H3,(H3,24,25,26,27)/t17-/m1/s1. The molecule has 156 valence electrons. The minimum atomic E-state index is -0.250. The summed E-state index contributed by atoms with van der Waals surface area (Å²) in [6, 6.07) is 10.1. The van der Waals surface area contributed by atoms with Gasteiger partial charge in [0, 0.05) is 42.3 Å². The number of rotatable bonds is 2. The maximum absolute atomic E-state index is 13.3. The van der Waals surface area contributed by atoms with Gasteiger partial charge in [0.25, 0.3) is 0 Å². The van der Waals surface area contributed by atoms with E-state index in [2.05, 4.69) is 29.0 Å². The maximum Gasteiger partial charge on any atom is 0.229 e. The van der Waals surface area contributed by atoms with E-state index in [1.807, 2.05) is 30.3 Å². The average molecular weight is 406 g/mol. The van der Waals surface area contributed by atoms with E-state index in [0.717, 1.165) is 41.9 Å². The van der Waals surface area contributed by atoms with E-state index in [4.69, 9.17) is 15.5 Å². The van der Waals surface area contributed by atoms with Crippen LogP contribution in [0.25, 0.3) is 0 Å². The number of ether oxygens (including phenoxy) is 1. The molecule has 1 aliphatic carbocycles. The number of allylic oxidation sites excluding steroid dienone is 2. The summed E-state index contributed by atoms with van der Waals surface area (Å²) in [5.41, 5.74) is 10.0. The fraction of sp³-hybridized carbons (Fsp3) is 0.435. The van der Waals surface area contributed by atoms with Crippen molar-refractivity contribution in [1.29, 1.82) is 0 Å². The predicted molar refractivity (Wildman–Crippen MR) is 116 cm³/mol. The molecule has 0 amide bonds. The van der Waals surface area contributed by atoms with E-state index in [0.29, 0.717) is 37.2 Å². The van der Waals surface area contributed by atoms with Gasteiger partial charge in [0.1, 0.15) is 11.6 Å². The molecule has 2 aromatic rings. The lowest BCUT2D eigenvalue weighted by Crippen LogP contribution is -2.38. The second-order valence-corrected chi connectivity index (χ2v) is 9.07. The fourth-order valence-corrected chi connectivity index (χ4v) is 4.81. The molecule has 7 heteroatoms. The second kappa shape index (κ2) is 7.09. The molecule has 1 saturated heterocycles. The molecule has 1 fully saturated rings. The lowest BCUT2D eigenvalue weighted by Gasteiger charge is -2.39. The first-order valence-corrected chi connectivity index (χ1v) is 10.5. The summed E-state index contributed by atoms with van der Waals surface area (Å²) in [5.74, 6) is 1.66. The van der Waals surface area contributed by atoms with Crippen LogP contribution in [-0.4, -0.2) is 42.1 Å². The highest BCUT2D eigenvalue weighted by molar-refractivity contribution is 6.02. The Balaban J connectivity index is 1.67. The molecule has 30 heavy (non-hydrogen) atoms. The molecule has 5 rings (SSSR count). The van der Waals surface area contributed by atoms with Crippen LogP contribution in [0, 0.1) is 5.41 Å². The van der Waals surface area contributed by atoms with Crippen LogP contribution in [-0.2, 0) is 9.53 Å². The summed E-state index contributed by atoms with van der Waals surface area (Å²) in [6.07, 6.45) is 1.33. The van der Waals surface area contributed by atoms with Crippen molar-refractivity contribution in [3.8, 4) is 0 Å². The highest BCUT2D eigenvalue weighted by atomic mass is 16.5. The van der Waals surface area contributed by atoms with Gasteiger partial charge < -0.3 is 20.7 Å². The zero-order valence-corrected chi connectivity index (χ0v) is 17.4. The molecule has 1 atom stereocenters. The number of anilines is 3. The number of Topliss-reactive ketones (excluding diaryl/α,β-unsaturated/α-hetero) is 1. The van der Waals surface area contributed by atoms with Gasteiger partial charge >= 0.3 is 0 Å². The number of morpholine rings is 1. The third kappa shape index (κ3) is 3.23. The highest BCUT2D eigenvalue weighted by Gasteiger charge is 2.42. The van der Waals surface area contributed by atoms with Gasteiger partial charge in [0.15, 0.2) is 5.78 Å². The number of carbonyl (C=O) groups excluding carboxylic acids is 1. The second-order valence-electron chi connectivity index (χ2n) is 9.07. The van der Waals surface area contributed by atoms with Crippen molar-refractivity contribution in [2.45, 2.75) is 32.6 Å². The summed E-state index contributed by atoms with van der Waals surface area (Å²) in [5, 5.41) is 3.47. The normalized spacial score (nSPS) is 22.9. The van der Waals surface area contributed by atoms with Crippen LogP contribution in [0.1, 0.15) is 43.7 Å². The van der Waals surface area contributed by atoms with Gasteiger partial charge in [-0.3, -0.25) is 4.79 Å². The van der Waals surface area contributed by atoms with Gasteiger partial charge in [0.05, 0.1) is 13.2 Å². The molecule has 3 aliphatic rings. The van der Waals surface area contributed by atoms with Gasteiger partial charge in [-0.25, -0.2) is 0 Å². The summed E-state index contributed by atoms with van der Waals surface area (Å²) < 4.78 is 5.46. The Morgan fingerprint density at radius 3 is 2.60 bits per heavy atom. The Morgan fingerprint density at radius 1 is 1.13 bits per heavy atom. The number of hydrogen-bond donors (Lipinski definition) is 2. The van der Waals surface area contributed by atoms with Gasteiger partial charge in [-0.05, 0) is 17.4 Å². The Kier molecular flexibility index (Phi) is 4.50. The summed E-state index contributed by atoms with van der Waals surface area (Å²) in [6.45, 7) is 7.05. The third-order valence-electron chi connectivity index (χ3n) is 6.16. The van der Waals surface area contributed by atoms with Crippen LogP contribution >= 0.6 is 0 Å². The number of nitrogens with zero attached hydrogens (tertiary/aromatic N) is 3. The molecule has 0 bridgehead atoms. The summed E-state index contributed by atoms with van der Waals surface area (Å²) in [4.78, 5) is 24.9. The first-order chi connectivity index (χ1) is 14.4. The molecule has 7 nitrogen and oxygen atoms in total. The number of carbonyl (C=O) groups is 1. The van der Waals surface area contributed by atoms with E-state index in [1.165, 1.54) is 0 Å². The van der Waals surface area contributed by atoms with Crippen molar-refractivity contribution in [2.24, 2.45) is 5.41 Å². The van der Waals surface area contributed by atoms with Gasteiger partial charge in [-0.1, -0.05) is 44.2 Å². The molecule has 3 N–H and O–H groups in total. The first kappa shape index (κ1) is 19.1. The van der Waals surface area contributed by atoms with Crippen molar-refractivity contribution < 1.29 is 9.53 Å². The van der Waals surface area contributed by atoms with E-state index in [1.54, 1.807) is 0 Å². The van der Waals surface area contributed by atoms with Crippen molar-refractivity contribution in [3.63, 3.8) is 0 Å². The number of nitrogens with one attached hydrogen (secondary N) is 1. The number of ketones is 1. The van der Waals surface area contributed by atoms with Crippen LogP contribution in [0.2, 0.25) is 0 Å². The number of benzene rings is 1. The summed E-state index contributed by atoms with van der Waals surface area (Å²) >= 11 is 0. The monoisotopic (exact) mass is 405 g/mol. The lowest BCUT2D eigenvalue weighted by atomic mass is 9.69. The van der Waals surface area contributed by atoms with E-state index >= 15 is 0 Å².